The van der Waals surface area contributed by atoms with Crippen molar-refractivity contribution in [3.05, 3.63) is 69.4 Å². The fourth-order valence-electron chi connectivity index (χ4n) is 1.84. The van der Waals surface area contributed by atoms with Crippen LogP contribution in [0.2, 0.25) is 0 Å². The van der Waals surface area contributed by atoms with Gasteiger partial charge in [0.15, 0.2) is 0 Å². The number of pyridine rings is 1. The van der Waals surface area contributed by atoms with Gasteiger partial charge in [0.2, 0.25) is 0 Å². The van der Waals surface area contributed by atoms with E-state index in [1.807, 2.05) is 0 Å². The number of aromatic carboxylic acids is 1. The highest BCUT2D eigenvalue weighted by atomic mass is 19.1. The predicted octanol–water partition coefficient (Wildman–Crippen LogP) is 2.04. The zero-order valence-electron chi connectivity index (χ0n) is 10.3. The van der Waals surface area contributed by atoms with Crippen LogP contribution < -0.4 is 5.56 Å². The van der Waals surface area contributed by atoms with Crippen LogP contribution >= 0.6 is 0 Å². The Hall–Kier alpha value is -2.43. The van der Waals surface area contributed by atoms with E-state index in [4.69, 9.17) is 5.11 Å². The Morgan fingerprint density at radius 2 is 2.11 bits per heavy atom. The zero-order valence-corrected chi connectivity index (χ0v) is 10.3. The third kappa shape index (κ3) is 2.88. The first-order valence-electron chi connectivity index (χ1n) is 5.66. The SMILES string of the molecule is Cc1cccn(Cc2cc(F)cc(C(=O)O)c2)c1=O. The molecule has 2 aromatic rings. The van der Waals surface area contributed by atoms with Crippen molar-refractivity contribution in [3.8, 4) is 0 Å². The van der Waals surface area contributed by atoms with E-state index in [0.717, 1.165) is 6.07 Å². The molecule has 19 heavy (non-hydrogen) atoms. The molecule has 0 radical (unpaired) electrons. The summed E-state index contributed by atoms with van der Waals surface area (Å²) in [4.78, 5) is 22.7. The maximum absolute atomic E-state index is 13.3. The molecule has 0 saturated carbocycles. The quantitative estimate of drug-likeness (QED) is 0.919. The van der Waals surface area contributed by atoms with Crippen LogP contribution in [0.25, 0.3) is 0 Å². The van der Waals surface area contributed by atoms with Gasteiger partial charge in [-0.1, -0.05) is 6.07 Å². The molecule has 0 unspecified atom stereocenters. The summed E-state index contributed by atoms with van der Waals surface area (Å²) in [6.45, 7) is 1.83. The van der Waals surface area contributed by atoms with Crippen LogP contribution in [0.15, 0.2) is 41.3 Å². The zero-order chi connectivity index (χ0) is 14.0. The number of rotatable bonds is 3. The smallest absolute Gasteiger partial charge is 0.335 e. The van der Waals surface area contributed by atoms with Crippen LogP contribution in [0.1, 0.15) is 21.5 Å². The normalized spacial score (nSPS) is 10.4. The van der Waals surface area contributed by atoms with Gasteiger partial charge in [0.25, 0.3) is 5.56 Å². The molecule has 0 aliphatic rings. The number of nitrogens with zero attached hydrogens (tertiary/aromatic N) is 1. The van der Waals surface area contributed by atoms with Gasteiger partial charge in [-0.05, 0) is 36.8 Å². The summed E-state index contributed by atoms with van der Waals surface area (Å²) in [6.07, 6.45) is 1.58. The maximum atomic E-state index is 13.3. The van der Waals surface area contributed by atoms with Crippen LogP contribution in [0.3, 0.4) is 0 Å². The lowest BCUT2D eigenvalue weighted by Crippen LogP contribution is -2.21. The van der Waals surface area contributed by atoms with E-state index in [2.05, 4.69) is 0 Å². The first kappa shape index (κ1) is 13.0. The number of carboxylic acid groups (broad SMARTS) is 1. The van der Waals surface area contributed by atoms with E-state index in [0.29, 0.717) is 11.1 Å². The third-order valence-corrected chi connectivity index (χ3v) is 2.77. The Bertz CT molecular complexity index is 691. The molecule has 1 heterocycles. The molecule has 1 N–H and O–H groups in total. The number of aryl methyl sites for hydroxylation is 1. The number of aromatic nitrogens is 1. The molecule has 0 aliphatic heterocycles. The monoisotopic (exact) mass is 261 g/mol. The van der Waals surface area contributed by atoms with E-state index in [9.17, 15) is 14.0 Å². The van der Waals surface area contributed by atoms with E-state index >= 15 is 0 Å². The molecule has 0 bridgehead atoms. The molecule has 1 aromatic carbocycles. The minimum Gasteiger partial charge on any atom is -0.478 e. The van der Waals surface area contributed by atoms with Gasteiger partial charge in [0.1, 0.15) is 5.82 Å². The summed E-state index contributed by atoms with van der Waals surface area (Å²) in [6, 6.07) is 6.94. The highest BCUT2D eigenvalue weighted by Crippen LogP contribution is 2.10. The summed E-state index contributed by atoms with van der Waals surface area (Å²) >= 11 is 0. The molecule has 2 rings (SSSR count). The van der Waals surface area contributed by atoms with Gasteiger partial charge < -0.3 is 9.67 Å². The Kier molecular flexibility index (Phi) is 3.46. The van der Waals surface area contributed by atoms with Crippen LogP contribution in [-0.2, 0) is 6.54 Å². The second kappa shape index (κ2) is 5.06. The van der Waals surface area contributed by atoms with Crippen molar-refractivity contribution in [3.63, 3.8) is 0 Å². The van der Waals surface area contributed by atoms with Gasteiger partial charge in [-0.25, -0.2) is 9.18 Å². The fourth-order valence-corrected chi connectivity index (χ4v) is 1.84. The lowest BCUT2D eigenvalue weighted by molar-refractivity contribution is 0.0696. The first-order valence-corrected chi connectivity index (χ1v) is 5.66. The lowest BCUT2D eigenvalue weighted by atomic mass is 10.1. The van der Waals surface area contributed by atoms with Crippen molar-refractivity contribution in [2.45, 2.75) is 13.5 Å². The van der Waals surface area contributed by atoms with Crippen molar-refractivity contribution in [2.24, 2.45) is 0 Å². The summed E-state index contributed by atoms with van der Waals surface area (Å²) in [5, 5.41) is 8.86. The number of benzene rings is 1. The van der Waals surface area contributed by atoms with Crippen molar-refractivity contribution >= 4 is 5.97 Å². The highest BCUT2D eigenvalue weighted by Gasteiger charge is 2.08. The Morgan fingerprint density at radius 3 is 2.79 bits per heavy atom. The first-order chi connectivity index (χ1) is 8.97. The predicted molar refractivity (Wildman–Crippen MR) is 67.9 cm³/mol. The standard InChI is InChI=1S/C14H12FNO3/c1-9-3-2-4-16(13(9)17)8-10-5-11(14(18)19)7-12(15)6-10/h2-7H,8H2,1H3,(H,18,19). The number of halogens is 1. The summed E-state index contributed by atoms with van der Waals surface area (Å²) < 4.78 is 14.7. The second-order valence-corrected chi connectivity index (χ2v) is 4.28. The van der Waals surface area contributed by atoms with Crippen LogP contribution in [0.5, 0.6) is 0 Å². The molecule has 0 amide bonds. The highest BCUT2D eigenvalue weighted by molar-refractivity contribution is 5.87. The molecule has 0 saturated heterocycles. The van der Waals surface area contributed by atoms with E-state index in [1.54, 1.807) is 25.3 Å². The molecular weight excluding hydrogens is 249 g/mol. The molecule has 0 spiro atoms. The largest absolute Gasteiger partial charge is 0.478 e. The third-order valence-electron chi connectivity index (χ3n) is 2.77. The molecule has 0 atom stereocenters. The van der Waals surface area contributed by atoms with Crippen molar-refractivity contribution in [2.75, 3.05) is 0 Å². The van der Waals surface area contributed by atoms with Crippen molar-refractivity contribution < 1.29 is 14.3 Å². The van der Waals surface area contributed by atoms with E-state index in [-0.39, 0.29) is 17.7 Å². The Balaban J connectivity index is 2.41. The molecule has 0 fully saturated rings. The molecule has 5 heteroatoms. The molecule has 1 aromatic heterocycles. The Labute approximate surface area is 108 Å². The number of carbonyl (C=O) groups is 1. The van der Waals surface area contributed by atoms with Gasteiger partial charge in [-0.3, -0.25) is 4.79 Å². The van der Waals surface area contributed by atoms with E-state index < -0.39 is 11.8 Å². The van der Waals surface area contributed by atoms with Crippen LogP contribution in [0, 0.1) is 12.7 Å². The number of hydrogen-bond donors (Lipinski definition) is 1. The van der Waals surface area contributed by atoms with E-state index in [1.165, 1.54) is 16.7 Å². The average Bonchev–Trinajstić information content (AvgIpc) is 2.34. The van der Waals surface area contributed by atoms with Gasteiger partial charge >= 0.3 is 5.97 Å². The van der Waals surface area contributed by atoms with Crippen molar-refractivity contribution in [1.29, 1.82) is 0 Å². The van der Waals surface area contributed by atoms with Crippen LogP contribution in [-0.4, -0.2) is 15.6 Å². The topological polar surface area (TPSA) is 59.3 Å². The second-order valence-electron chi connectivity index (χ2n) is 4.28. The average molecular weight is 261 g/mol. The summed E-state index contributed by atoms with van der Waals surface area (Å²) in [7, 11) is 0. The van der Waals surface area contributed by atoms with Gasteiger partial charge in [-0.2, -0.15) is 0 Å². The summed E-state index contributed by atoms with van der Waals surface area (Å²) in [5.74, 6) is -1.83. The summed E-state index contributed by atoms with van der Waals surface area (Å²) in [5.41, 5.74) is 0.710. The van der Waals surface area contributed by atoms with Gasteiger partial charge in [-0.15, -0.1) is 0 Å². The molecular formula is C14H12FNO3. The van der Waals surface area contributed by atoms with Gasteiger partial charge in [0, 0.05) is 11.8 Å². The maximum Gasteiger partial charge on any atom is 0.335 e. The Morgan fingerprint density at radius 1 is 1.37 bits per heavy atom. The minimum atomic E-state index is -1.20. The van der Waals surface area contributed by atoms with Crippen molar-refractivity contribution in [1.82, 2.24) is 4.57 Å². The lowest BCUT2D eigenvalue weighted by Gasteiger charge is -2.07. The number of hydrogen-bond acceptors (Lipinski definition) is 2. The molecule has 4 nitrogen and oxygen atoms in total. The van der Waals surface area contributed by atoms with Crippen LogP contribution in [0.4, 0.5) is 4.39 Å². The minimum absolute atomic E-state index is 0.129. The number of carboxylic acids is 1. The molecule has 0 aliphatic carbocycles. The fraction of sp³-hybridized carbons (Fsp3) is 0.143. The van der Waals surface area contributed by atoms with Gasteiger partial charge in [0.05, 0.1) is 12.1 Å². The molecule has 98 valence electrons.